The second-order valence-electron chi connectivity index (χ2n) is 10.3. The summed E-state index contributed by atoms with van der Waals surface area (Å²) < 4.78 is 10.8. The zero-order chi connectivity index (χ0) is 31.6. The van der Waals surface area contributed by atoms with Gasteiger partial charge < -0.3 is 9.47 Å². The summed E-state index contributed by atoms with van der Waals surface area (Å²) in [7, 11) is 0. The first-order valence-electron chi connectivity index (χ1n) is 14.3. The second-order valence-corrected chi connectivity index (χ2v) is 11.1. The van der Waals surface area contributed by atoms with E-state index in [0.717, 1.165) is 39.8 Å². The molecule has 0 radical (unpaired) electrons. The predicted molar refractivity (Wildman–Crippen MR) is 180 cm³/mol. The molecule has 4 aromatic carbocycles. The van der Waals surface area contributed by atoms with E-state index in [4.69, 9.17) is 32.7 Å². The number of allylic oxidation sites excluding steroid dienone is 2. The Labute approximate surface area is 271 Å². The van der Waals surface area contributed by atoms with Gasteiger partial charge in [-0.1, -0.05) is 71.7 Å². The monoisotopic (exact) mass is 634 g/mol. The Morgan fingerprint density at radius 1 is 0.533 bits per heavy atom. The van der Waals surface area contributed by atoms with E-state index in [1.54, 1.807) is 84.9 Å². The molecule has 0 saturated heterocycles. The number of carbonyl (C=O) groups excluding carboxylic acids is 3. The smallest absolute Gasteiger partial charge is 0.336 e. The molecule has 45 heavy (non-hydrogen) atoms. The third-order valence-electron chi connectivity index (χ3n) is 6.92. The Morgan fingerprint density at radius 3 is 1.27 bits per heavy atom. The van der Waals surface area contributed by atoms with Gasteiger partial charge in [0.2, 0.25) is 0 Å². The Hall–Kier alpha value is -4.97. The van der Waals surface area contributed by atoms with Gasteiger partial charge in [-0.05, 0) is 114 Å². The van der Waals surface area contributed by atoms with Crippen LogP contribution in [0, 0.1) is 0 Å². The first-order valence-corrected chi connectivity index (χ1v) is 15.0. The van der Waals surface area contributed by atoms with Crippen molar-refractivity contribution in [3.8, 4) is 11.5 Å². The highest BCUT2D eigenvalue weighted by molar-refractivity contribution is 6.30. The van der Waals surface area contributed by atoms with E-state index < -0.39 is 11.9 Å². The third kappa shape index (κ3) is 9.51. The summed E-state index contributed by atoms with van der Waals surface area (Å²) in [6.45, 7) is 0. The number of hydrogen-bond donors (Lipinski definition) is 0. The topological polar surface area (TPSA) is 69.7 Å². The molecule has 1 aliphatic carbocycles. The molecule has 0 N–H and O–H groups in total. The normalized spacial score (nSPS) is 15.2. The summed E-state index contributed by atoms with van der Waals surface area (Å²) in [6, 6.07) is 28.3. The van der Waals surface area contributed by atoms with Crippen LogP contribution in [0.4, 0.5) is 0 Å². The summed E-state index contributed by atoms with van der Waals surface area (Å²) in [6.07, 6.45) is 12.0. The Morgan fingerprint density at radius 2 is 0.889 bits per heavy atom. The van der Waals surface area contributed by atoms with Crippen LogP contribution in [0.2, 0.25) is 10.0 Å². The summed E-state index contributed by atoms with van der Waals surface area (Å²) in [4.78, 5) is 37.7. The van der Waals surface area contributed by atoms with Gasteiger partial charge in [0.25, 0.3) is 0 Å². The summed E-state index contributed by atoms with van der Waals surface area (Å²) in [5, 5.41) is 1.25. The molecule has 0 bridgehead atoms. The molecule has 0 spiro atoms. The minimum absolute atomic E-state index is 0.00642. The van der Waals surface area contributed by atoms with Crippen molar-refractivity contribution >= 4 is 65.2 Å². The van der Waals surface area contributed by atoms with Crippen molar-refractivity contribution < 1.29 is 23.9 Å². The average molecular weight is 636 g/mol. The Balaban J connectivity index is 1.16. The van der Waals surface area contributed by atoms with E-state index in [2.05, 4.69) is 0 Å². The van der Waals surface area contributed by atoms with Crippen LogP contribution in [0.3, 0.4) is 0 Å². The number of ketones is 1. The standard InChI is InChI=1S/C38H28Cl2O5/c39-32-14-4-26(5-15-32)12-22-36(41)44-34-18-8-28(9-19-34)24-30-2-1-3-31(38(30)43)25-29-10-20-35(21-11-29)45-37(42)23-13-27-6-16-33(40)17-7-27/h4-25H,1-3H2. The van der Waals surface area contributed by atoms with E-state index in [1.165, 1.54) is 12.2 Å². The largest absolute Gasteiger partial charge is 0.423 e. The fourth-order valence-electron chi connectivity index (χ4n) is 4.62. The molecule has 7 heteroatoms. The fourth-order valence-corrected chi connectivity index (χ4v) is 4.87. The van der Waals surface area contributed by atoms with Crippen molar-refractivity contribution in [2.24, 2.45) is 0 Å². The van der Waals surface area contributed by atoms with Gasteiger partial charge in [-0.3, -0.25) is 4.79 Å². The number of hydrogen-bond acceptors (Lipinski definition) is 5. The number of halogens is 2. The average Bonchev–Trinajstić information content (AvgIpc) is 3.04. The van der Waals surface area contributed by atoms with Crippen molar-refractivity contribution in [3.63, 3.8) is 0 Å². The SMILES string of the molecule is O=C(C=Cc1ccc(Cl)cc1)Oc1ccc(C=C2CCCC(=Cc3ccc(OC(=O)C=Cc4ccc(Cl)cc4)cc3)C2=O)cc1. The lowest BCUT2D eigenvalue weighted by Gasteiger charge is -2.16. The first kappa shape index (κ1) is 31.5. The minimum atomic E-state index is -0.495. The molecule has 5 rings (SSSR count). The number of esters is 2. The van der Waals surface area contributed by atoms with Crippen LogP contribution in [0.15, 0.2) is 120 Å². The van der Waals surface area contributed by atoms with Gasteiger partial charge in [0, 0.05) is 33.3 Å². The molecule has 0 aromatic heterocycles. The molecule has 0 unspecified atom stereocenters. The highest BCUT2D eigenvalue weighted by Crippen LogP contribution is 2.29. The van der Waals surface area contributed by atoms with Crippen LogP contribution in [-0.4, -0.2) is 17.7 Å². The van der Waals surface area contributed by atoms with Crippen LogP contribution in [0.1, 0.15) is 41.5 Å². The van der Waals surface area contributed by atoms with Crippen LogP contribution < -0.4 is 9.47 Å². The molecule has 0 aliphatic heterocycles. The van der Waals surface area contributed by atoms with Gasteiger partial charge in [0.15, 0.2) is 5.78 Å². The molecule has 224 valence electrons. The van der Waals surface area contributed by atoms with Gasteiger partial charge in [0.1, 0.15) is 11.5 Å². The van der Waals surface area contributed by atoms with Gasteiger partial charge in [-0.2, -0.15) is 0 Å². The number of benzene rings is 4. The third-order valence-corrected chi connectivity index (χ3v) is 7.42. The second kappa shape index (κ2) is 15.2. The quantitative estimate of drug-likeness (QED) is 0.110. The lowest BCUT2D eigenvalue weighted by Crippen LogP contribution is -2.12. The number of Topliss-reactive ketones (excluding diaryl/α,β-unsaturated/α-hetero) is 1. The van der Waals surface area contributed by atoms with Crippen molar-refractivity contribution in [1.82, 2.24) is 0 Å². The van der Waals surface area contributed by atoms with Crippen molar-refractivity contribution in [2.45, 2.75) is 19.3 Å². The Bertz CT molecular complexity index is 1660. The van der Waals surface area contributed by atoms with Gasteiger partial charge in [-0.15, -0.1) is 0 Å². The number of ether oxygens (including phenoxy) is 2. The maximum absolute atomic E-state index is 13.3. The summed E-state index contributed by atoms with van der Waals surface area (Å²) in [5.41, 5.74) is 4.80. The molecule has 0 atom stereocenters. The molecule has 0 heterocycles. The molecular formula is C38H28Cl2O5. The van der Waals surface area contributed by atoms with Crippen LogP contribution >= 0.6 is 23.2 Å². The minimum Gasteiger partial charge on any atom is -0.423 e. The summed E-state index contributed by atoms with van der Waals surface area (Å²) >= 11 is 11.8. The lowest BCUT2D eigenvalue weighted by molar-refractivity contribution is -0.129. The van der Waals surface area contributed by atoms with Gasteiger partial charge in [-0.25, -0.2) is 9.59 Å². The van der Waals surface area contributed by atoms with Crippen molar-refractivity contribution in [2.75, 3.05) is 0 Å². The fraction of sp³-hybridized carbons (Fsp3) is 0.0789. The molecule has 1 saturated carbocycles. The highest BCUT2D eigenvalue weighted by atomic mass is 35.5. The number of rotatable bonds is 8. The molecule has 4 aromatic rings. The zero-order valence-electron chi connectivity index (χ0n) is 24.1. The number of carbonyl (C=O) groups is 3. The molecule has 0 amide bonds. The maximum atomic E-state index is 13.3. The van der Waals surface area contributed by atoms with Crippen LogP contribution in [-0.2, 0) is 14.4 Å². The van der Waals surface area contributed by atoms with E-state index in [0.29, 0.717) is 34.4 Å². The first-order chi connectivity index (χ1) is 21.8. The zero-order valence-corrected chi connectivity index (χ0v) is 25.6. The maximum Gasteiger partial charge on any atom is 0.336 e. The van der Waals surface area contributed by atoms with E-state index in [-0.39, 0.29) is 5.78 Å². The molecular weight excluding hydrogens is 607 g/mol. The van der Waals surface area contributed by atoms with Crippen LogP contribution in [0.25, 0.3) is 24.3 Å². The molecule has 5 nitrogen and oxygen atoms in total. The molecule has 1 fully saturated rings. The van der Waals surface area contributed by atoms with E-state index >= 15 is 0 Å². The predicted octanol–water partition coefficient (Wildman–Crippen LogP) is 9.45. The van der Waals surface area contributed by atoms with Gasteiger partial charge >= 0.3 is 11.9 Å². The Kier molecular flexibility index (Phi) is 10.6. The molecule has 1 aliphatic rings. The highest BCUT2D eigenvalue weighted by Gasteiger charge is 2.20. The van der Waals surface area contributed by atoms with Crippen molar-refractivity contribution in [1.29, 1.82) is 0 Å². The lowest BCUT2D eigenvalue weighted by atomic mass is 9.87. The van der Waals surface area contributed by atoms with E-state index in [9.17, 15) is 14.4 Å². The van der Waals surface area contributed by atoms with E-state index in [1.807, 2.05) is 36.4 Å². The summed E-state index contributed by atoms with van der Waals surface area (Å²) in [5.74, 6) is -0.168. The van der Waals surface area contributed by atoms with Crippen molar-refractivity contribution in [3.05, 3.63) is 153 Å². The van der Waals surface area contributed by atoms with Gasteiger partial charge in [0.05, 0.1) is 0 Å². The van der Waals surface area contributed by atoms with Crippen LogP contribution in [0.5, 0.6) is 11.5 Å².